The average molecular weight is 336 g/mol. The summed E-state index contributed by atoms with van der Waals surface area (Å²) in [5.41, 5.74) is 0.614. The topological polar surface area (TPSA) is 79.5 Å². The van der Waals surface area contributed by atoms with Crippen molar-refractivity contribution in [1.82, 2.24) is 18.6 Å². The Morgan fingerprint density at radius 3 is 2.87 bits per heavy atom. The first kappa shape index (κ1) is 16.1. The summed E-state index contributed by atoms with van der Waals surface area (Å²) >= 11 is 0. The van der Waals surface area contributed by atoms with Crippen LogP contribution in [0.25, 0.3) is 0 Å². The molecule has 124 valence electrons. The summed E-state index contributed by atoms with van der Waals surface area (Å²) in [6.45, 7) is 2.55. The minimum absolute atomic E-state index is 0.191. The van der Waals surface area contributed by atoms with Crippen molar-refractivity contribution in [1.29, 1.82) is 0 Å². The zero-order valence-electron chi connectivity index (χ0n) is 13.2. The van der Waals surface area contributed by atoms with E-state index >= 15 is 0 Å². The van der Waals surface area contributed by atoms with E-state index in [2.05, 4.69) is 9.97 Å². The van der Waals surface area contributed by atoms with E-state index in [0.717, 1.165) is 18.6 Å². The van der Waals surface area contributed by atoms with Gasteiger partial charge in [-0.15, -0.1) is 0 Å². The Kier molecular flexibility index (Phi) is 4.47. The van der Waals surface area contributed by atoms with Crippen LogP contribution in [-0.2, 0) is 16.8 Å². The highest BCUT2D eigenvalue weighted by atomic mass is 32.2. The molecular weight excluding hydrogens is 316 g/mol. The van der Waals surface area contributed by atoms with E-state index in [4.69, 9.17) is 4.42 Å². The van der Waals surface area contributed by atoms with Crippen LogP contribution >= 0.6 is 0 Å². The Hall–Kier alpha value is -1.77. The first-order valence-corrected chi connectivity index (χ1v) is 8.92. The van der Waals surface area contributed by atoms with Gasteiger partial charge in [-0.25, -0.2) is 0 Å². The van der Waals surface area contributed by atoms with Gasteiger partial charge in [0.2, 0.25) is 0 Å². The average Bonchev–Trinajstić information content (AvgIpc) is 3.16. The molecule has 2 aromatic heterocycles. The molecule has 1 unspecified atom stereocenters. The molecule has 0 saturated carbocycles. The lowest BCUT2D eigenvalue weighted by Gasteiger charge is -2.27. The second kappa shape index (κ2) is 6.38. The number of nitrogens with zero attached hydrogens (tertiary/aromatic N) is 4. The summed E-state index contributed by atoms with van der Waals surface area (Å²) in [5, 5.41) is 0. The molecule has 7 nitrogen and oxygen atoms in total. The zero-order chi connectivity index (χ0) is 16.4. The summed E-state index contributed by atoms with van der Waals surface area (Å²) in [6, 6.07) is 3.48. The molecule has 1 saturated heterocycles. The molecule has 0 aliphatic carbocycles. The van der Waals surface area contributed by atoms with E-state index in [1.165, 1.54) is 8.61 Å². The highest BCUT2D eigenvalue weighted by Gasteiger charge is 2.39. The Bertz CT molecular complexity index is 760. The summed E-state index contributed by atoms with van der Waals surface area (Å²) in [7, 11) is -2.02. The van der Waals surface area contributed by atoms with Crippen molar-refractivity contribution in [3.8, 4) is 0 Å². The minimum atomic E-state index is -3.59. The first-order valence-electron chi connectivity index (χ1n) is 7.53. The molecule has 2 aromatic rings. The van der Waals surface area contributed by atoms with Crippen molar-refractivity contribution in [3.63, 3.8) is 0 Å². The first-order chi connectivity index (χ1) is 11.0. The minimum Gasteiger partial charge on any atom is -0.465 e. The number of aryl methyl sites for hydroxylation is 1. The van der Waals surface area contributed by atoms with Gasteiger partial charge >= 0.3 is 0 Å². The third kappa shape index (κ3) is 3.29. The van der Waals surface area contributed by atoms with Gasteiger partial charge in [0.05, 0.1) is 18.3 Å². The van der Waals surface area contributed by atoms with Gasteiger partial charge in [0, 0.05) is 32.2 Å². The number of hydrogen-bond donors (Lipinski definition) is 0. The molecule has 3 heterocycles. The summed E-state index contributed by atoms with van der Waals surface area (Å²) < 4.78 is 34.2. The molecule has 1 fully saturated rings. The zero-order valence-corrected chi connectivity index (χ0v) is 14.0. The van der Waals surface area contributed by atoms with Gasteiger partial charge in [-0.1, -0.05) is 0 Å². The van der Waals surface area contributed by atoms with Gasteiger partial charge in [-0.05, 0) is 31.9 Å². The quantitative estimate of drug-likeness (QED) is 0.833. The van der Waals surface area contributed by atoms with Gasteiger partial charge in [-0.3, -0.25) is 9.97 Å². The Morgan fingerprint density at radius 2 is 2.22 bits per heavy atom. The predicted octanol–water partition coefficient (Wildman–Crippen LogP) is 1.89. The van der Waals surface area contributed by atoms with Crippen LogP contribution in [0.3, 0.4) is 0 Å². The number of furan rings is 1. The molecule has 0 N–H and O–H groups in total. The molecule has 0 spiro atoms. The fraction of sp³-hybridized carbons (Fsp3) is 0.467. The molecule has 1 aliphatic heterocycles. The standard InChI is InChI=1S/C15H20N4O3S/c1-12-5-6-15(22-12)14-4-3-9-19(14)23(20,21)18(2)11-13-10-16-7-8-17-13/h5-8,10,14H,3-4,9,11H2,1-2H3. The largest absolute Gasteiger partial charge is 0.465 e. The molecule has 0 aromatic carbocycles. The van der Waals surface area contributed by atoms with Crippen LogP contribution in [0.1, 0.15) is 36.1 Å². The van der Waals surface area contributed by atoms with Crippen molar-refractivity contribution in [2.75, 3.05) is 13.6 Å². The molecule has 1 aliphatic rings. The van der Waals surface area contributed by atoms with Crippen molar-refractivity contribution < 1.29 is 12.8 Å². The maximum absolute atomic E-state index is 12.9. The molecule has 8 heteroatoms. The molecular formula is C15H20N4O3S. The maximum Gasteiger partial charge on any atom is 0.282 e. The lowest BCUT2D eigenvalue weighted by Crippen LogP contribution is -2.41. The van der Waals surface area contributed by atoms with Crippen molar-refractivity contribution in [3.05, 3.63) is 47.9 Å². The summed E-state index contributed by atoms with van der Waals surface area (Å²) in [5.74, 6) is 1.49. The molecule has 0 amide bonds. The smallest absolute Gasteiger partial charge is 0.282 e. The highest BCUT2D eigenvalue weighted by Crippen LogP contribution is 2.35. The van der Waals surface area contributed by atoms with E-state index in [-0.39, 0.29) is 12.6 Å². The Labute approximate surface area is 136 Å². The third-order valence-corrected chi connectivity index (χ3v) is 5.93. The molecule has 23 heavy (non-hydrogen) atoms. The van der Waals surface area contributed by atoms with Gasteiger partial charge in [0.1, 0.15) is 11.5 Å². The lowest BCUT2D eigenvalue weighted by atomic mass is 10.2. The van der Waals surface area contributed by atoms with Crippen molar-refractivity contribution in [2.45, 2.75) is 32.4 Å². The second-order valence-electron chi connectivity index (χ2n) is 5.68. The van der Waals surface area contributed by atoms with Crippen LogP contribution in [0.2, 0.25) is 0 Å². The van der Waals surface area contributed by atoms with E-state index < -0.39 is 10.2 Å². The number of hydrogen-bond acceptors (Lipinski definition) is 5. The molecule has 0 radical (unpaired) electrons. The van der Waals surface area contributed by atoms with Crippen LogP contribution in [-0.4, -0.2) is 40.6 Å². The van der Waals surface area contributed by atoms with Crippen molar-refractivity contribution in [2.24, 2.45) is 0 Å². The predicted molar refractivity (Wildman–Crippen MR) is 84.5 cm³/mol. The van der Waals surface area contributed by atoms with Crippen LogP contribution < -0.4 is 0 Å². The fourth-order valence-corrected chi connectivity index (χ4v) is 4.38. The van der Waals surface area contributed by atoms with Gasteiger partial charge < -0.3 is 4.42 Å². The Morgan fingerprint density at radius 1 is 1.39 bits per heavy atom. The molecule has 0 bridgehead atoms. The molecule has 3 rings (SSSR count). The van der Waals surface area contributed by atoms with Crippen molar-refractivity contribution >= 4 is 10.2 Å². The van der Waals surface area contributed by atoms with Gasteiger partial charge in [-0.2, -0.15) is 17.0 Å². The maximum atomic E-state index is 12.9. The number of rotatable bonds is 5. The summed E-state index contributed by atoms with van der Waals surface area (Å²) in [4.78, 5) is 8.10. The molecule has 1 atom stereocenters. The van der Waals surface area contributed by atoms with E-state index in [1.807, 2.05) is 19.1 Å². The third-order valence-electron chi connectivity index (χ3n) is 3.98. The highest BCUT2D eigenvalue weighted by molar-refractivity contribution is 7.86. The van der Waals surface area contributed by atoms with Gasteiger partial charge in [0.15, 0.2) is 0 Å². The van der Waals surface area contributed by atoms with Crippen LogP contribution in [0, 0.1) is 6.92 Å². The Balaban J connectivity index is 1.80. The van der Waals surface area contributed by atoms with E-state index in [0.29, 0.717) is 18.0 Å². The second-order valence-corrected chi connectivity index (χ2v) is 7.67. The number of aromatic nitrogens is 2. The van der Waals surface area contributed by atoms with E-state index in [1.54, 1.807) is 25.6 Å². The normalized spacial score (nSPS) is 19.5. The lowest BCUT2D eigenvalue weighted by molar-refractivity contribution is 0.307. The monoisotopic (exact) mass is 336 g/mol. The van der Waals surface area contributed by atoms with E-state index in [9.17, 15) is 8.42 Å². The SMILES string of the molecule is Cc1ccc(C2CCCN2S(=O)(=O)N(C)Cc2cnccn2)o1. The fourth-order valence-electron chi connectivity index (χ4n) is 2.83. The summed E-state index contributed by atoms with van der Waals surface area (Å²) in [6.07, 6.45) is 6.28. The van der Waals surface area contributed by atoms with Crippen LogP contribution in [0.5, 0.6) is 0 Å². The van der Waals surface area contributed by atoms with Crippen LogP contribution in [0.15, 0.2) is 35.1 Å². The van der Waals surface area contributed by atoms with Crippen LogP contribution in [0.4, 0.5) is 0 Å². The van der Waals surface area contributed by atoms with Gasteiger partial charge in [0.25, 0.3) is 10.2 Å².